The number of nitrogens with one attached hydrogen (secondary N) is 1. The molecule has 0 radical (unpaired) electrons. The van der Waals surface area contributed by atoms with E-state index in [1.54, 1.807) is 14.2 Å². The summed E-state index contributed by atoms with van der Waals surface area (Å²) in [6, 6.07) is 15.7. The van der Waals surface area contributed by atoms with Gasteiger partial charge in [0.2, 0.25) is 0 Å². The molecule has 0 saturated carbocycles. The van der Waals surface area contributed by atoms with Gasteiger partial charge >= 0.3 is 0 Å². The van der Waals surface area contributed by atoms with Crippen LogP contribution in [0.2, 0.25) is 0 Å². The molecule has 0 aromatic heterocycles. The Morgan fingerprint density at radius 2 is 1.83 bits per heavy atom. The molecule has 2 aromatic rings. The van der Waals surface area contributed by atoms with Gasteiger partial charge in [-0.05, 0) is 42.0 Å². The van der Waals surface area contributed by atoms with E-state index in [2.05, 4.69) is 11.9 Å². The summed E-state index contributed by atoms with van der Waals surface area (Å²) in [5.74, 6) is 1.41. The zero-order valence-corrected chi connectivity index (χ0v) is 14.8. The highest BCUT2D eigenvalue weighted by Gasteiger charge is 2.11. The fourth-order valence-electron chi connectivity index (χ4n) is 2.30. The molecular formula is C19H22N2O2S. The Labute approximate surface area is 148 Å². The molecule has 0 aliphatic heterocycles. The van der Waals surface area contributed by atoms with E-state index in [1.165, 1.54) is 0 Å². The molecule has 2 rings (SSSR count). The molecule has 1 N–H and O–H groups in total. The summed E-state index contributed by atoms with van der Waals surface area (Å²) >= 11 is 5.54. The molecule has 0 atom stereocenters. The van der Waals surface area contributed by atoms with Crippen molar-refractivity contribution >= 4 is 23.0 Å². The zero-order chi connectivity index (χ0) is 17.4. The van der Waals surface area contributed by atoms with Gasteiger partial charge in [0.05, 0.1) is 14.2 Å². The van der Waals surface area contributed by atoms with Gasteiger partial charge in [-0.25, -0.2) is 0 Å². The molecule has 2 aromatic carbocycles. The molecule has 0 heterocycles. The molecule has 0 aliphatic rings. The first kappa shape index (κ1) is 17.8. The van der Waals surface area contributed by atoms with Crippen molar-refractivity contribution in [3.05, 3.63) is 66.7 Å². The Kier molecular flexibility index (Phi) is 6.63. The van der Waals surface area contributed by atoms with Crippen LogP contribution in [0.1, 0.15) is 5.56 Å². The molecule has 0 saturated heterocycles. The summed E-state index contributed by atoms with van der Waals surface area (Å²) in [5.41, 5.74) is 2.04. The number of rotatable bonds is 7. The number of anilines is 1. The Hall–Kier alpha value is -2.53. The second kappa shape index (κ2) is 8.93. The van der Waals surface area contributed by atoms with Gasteiger partial charge in [-0.2, -0.15) is 0 Å². The SMILES string of the molecule is C=CCN(Cc1ccc(OC)c(OC)c1)C(=S)Nc1ccccc1. The topological polar surface area (TPSA) is 33.7 Å². The lowest BCUT2D eigenvalue weighted by Gasteiger charge is -2.25. The molecule has 5 heteroatoms. The van der Waals surface area contributed by atoms with Gasteiger partial charge in [0.1, 0.15) is 0 Å². The highest BCUT2D eigenvalue weighted by Crippen LogP contribution is 2.28. The van der Waals surface area contributed by atoms with Gasteiger partial charge in [-0.1, -0.05) is 30.3 Å². The van der Waals surface area contributed by atoms with E-state index in [-0.39, 0.29) is 0 Å². The van der Waals surface area contributed by atoms with Crippen molar-refractivity contribution in [2.75, 3.05) is 26.1 Å². The number of thiocarbonyl (C=S) groups is 1. The van der Waals surface area contributed by atoms with Crippen LogP contribution in [0.15, 0.2) is 61.2 Å². The first-order valence-electron chi connectivity index (χ1n) is 7.60. The van der Waals surface area contributed by atoms with Gasteiger partial charge in [0.15, 0.2) is 16.6 Å². The fourth-order valence-corrected chi connectivity index (χ4v) is 2.56. The van der Waals surface area contributed by atoms with Crippen LogP contribution in [0.5, 0.6) is 11.5 Å². The molecule has 4 nitrogen and oxygen atoms in total. The Morgan fingerprint density at radius 3 is 2.46 bits per heavy atom. The van der Waals surface area contributed by atoms with E-state index in [0.717, 1.165) is 11.3 Å². The maximum atomic E-state index is 5.54. The normalized spacial score (nSPS) is 9.92. The highest BCUT2D eigenvalue weighted by molar-refractivity contribution is 7.80. The monoisotopic (exact) mass is 342 g/mol. The molecule has 0 fully saturated rings. The van der Waals surface area contributed by atoms with E-state index >= 15 is 0 Å². The number of hydrogen-bond acceptors (Lipinski definition) is 3. The lowest BCUT2D eigenvalue weighted by molar-refractivity contribution is 0.353. The highest BCUT2D eigenvalue weighted by atomic mass is 32.1. The largest absolute Gasteiger partial charge is 0.493 e. The fraction of sp³-hybridized carbons (Fsp3) is 0.211. The van der Waals surface area contributed by atoms with Crippen LogP contribution in [0.3, 0.4) is 0 Å². The third kappa shape index (κ3) is 4.73. The zero-order valence-electron chi connectivity index (χ0n) is 14.0. The number of ether oxygens (including phenoxy) is 2. The first-order chi connectivity index (χ1) is 11.7. The standard InChI is InChI=1S/C19H22N2O2S/c1-4-12-21(19(24)20-16-8-6-5-7-9-16)14-15-10-11-17(22-2)18(13-15)23-3/h4-11,13H,1,12,14H2,2-3H3,(H,20,24). The van der Waals surface area contributed by atoms with Crippen molar-refractivity contribution in [3.8, 4) is 11.5 Å². The predicted molar refractivity (Wildman–Crippen MR) is 103 cm³/mol. The maximum absolute atomic E-state index is 5.54. The van der Waals surface area contributed by atoms with Crippen LogP contribution >= 0.6 is 12.2 Å². The van der Waals surface area contributed by atoms with Gasteiger partial charge in [0.25, 0.3) is 0 Å². The first-order valence-corrected chi connectivity index (χ1v) is 8.01. The summed E-state index contributed by atoms with van der Waals surface area (Å²) < 4.78 is 10.6. The molecule has 0 aliphatic carbocycles. The lowest BCUT2D eigenvalue weighted by Crippen LogP contribution is -2.34. The van der Waals surface area contributed by atoms with Crippen LogP contribution in [0, 0.1) is 0 Å². The predicted octanol–water partition coefficient (Wildman–Crippen LogP) is 4.09. The van der Waals surface area contributed by atoms with Gasteiger partial charge in [-0.15, -0.1) is 6.58 Å². The van der Waals surface area contributed by atoms with Gasteiger partial charge in [-0.3, -0.25) is 0 Å². The average Bonchev–Trinajstić information content (AvgIpc) is 2.62. The number of para-hydroxylation sites is 1. The summed E-state index contributed by atoms with van der Waals surface area (Å²) in [4.78, 5) is 2.04. The van der Waals surface area contributed by atoms with Crippen LogP contribution in [0.25, 0.3) is 0 Å². The molecule has 0 spiro atoms. The lowest BCUT2D eigenvalue weighted by atomic mass is 10.2. The summed E-state index contributed by atoms with van der Waals surface area (Å²) in [6.07, 6.45) is 1.83. The number of hydrogen-bond donors (Lipinski definition) is 1. The van der Waals surface area contributed by atoms with Crippen molar-refractivity contribution in [2.45, 2.75) is 6.54 Å². The molecular weight excluding hydrogens is 320 g/mol. The minimum absolute atomic E-state index is 0.644. The maximum Gasteiger partial charge on any atom is 0.174 e. The van der Waals surface area contributed by atoms with E-state index in [0.29, 0.717) is 29.7 Å². The van der Waals surface area contributed by atoms with Crippen molar-refractivity contribution in [3.63, 3.8) is 0 Å². The number of nitrogens with zero attached hydrogens (tertiary/aromatic N) is 1. The summed E-state index contributed by atoms with van der Waals surface area (Å²) in [5, 5.41) is 3.90. The van der Waals surface area contributed by atoms with Crippen molar-refractivity contribution in [2.24, 2.45) is 0 Å². The summed E-state index contributed by atoms with van der Waals surface area (Å²) in [6.45, 7) is 5.11. The smallest absolute Gasteiger partial charge is 0.174 e. The Bertz CT molecular complexity index is 689. The van der Waals surface area contributed by atoms with Crippen molar-refractivity contribution in [1.29, 1.82) is 0 Å². The van der Waals surface area contributed by atoms with Gasteiger partial charge in [0, 0.05) is 18.8 Å². The molecule has 126 valence electrons. The second-order valence-corrected chi connectivity index (χ2v) is 5.54. The average molecular weight is 342 g/mol. The third-order valence-corrected chi connectivity index (χ3v) is 3.84. The quantitative estimate of drug-likeness (QED) is 0.605. The van der Waals surface area contributed by atoms with Gasteiger partial charge < -0.3 is 19.7 Å². The molecule has 0 bridgehead atoms. The number of methoxy groups -OCH3 is 2. The van der Waals surface area contributed by atoms with Crippen molar-refractivity contribution in [1.82, 2.24) is 4.90 Å². The Morgan fingerprint density at radius 1 is 1.12 bits per heavy atom. The summed E-state index contributed by atoms with van der Waals surface area (Å²) in [7, 11) is 3.26. The van der Waals surface area contributed by atoms with Crippen LogP contribution in [0.4, 0.5) is 5.69 Å². The van der Waals surface area contributed by atoms with E-state index in [4.69, 9.17) is 21.7 Å². The second-order valence-electron chi connectivity index (χ2n) is 5.15. The van der Waals surface area contributed by atoms with Crippen molar-refractivity contribution < 1.29 is 9.47 Å². The van der Waals surface area contributed by atoms with E-state index in [1.807, 2.05) is 59.5 Å². The molecule has 24 heavy (non-hydrogen) atoms. The van der Waals surface area contributed by atoms with E-state index in [9.17, 15) is 0 Å². The minimum Gasteiger partial charge on any atom is -0.493 e. The molecule has 0 unspecified atom stereocenters. The van der Waals surface area contributed by atoms with Crippen LogP contribution in [-0.2, 0) is 6.54 Å². The molecule has 0 amide bonds. The van der Waals surface area contributed by atoms with Crippen LogP contribution in [-0.4, -0.2) is 30.8 Å². The Balaban J connectivity index is 2.13. The third-order valence-electron chi connectivity index (χ3n) is 3.48. The van der Waals surface area contributed by atoms with Crippen LogP contribution < -0.4 is 14.8 Å². The minimum atomic E-state index is 0.644. The number of benzene rings is 2. The van der Waals surface area contributed by atoms with E-state index < -0.39 is 0 Å².